The molecule has 1 atom stereocenters. The van der Waals surface area contributed by atoms with Gasteiger partial charge in [0.1, 0.15) is 11.6 Å². The molecule has 0 radical (unpaired) electrons. The molecule has 11 heteroatoms. The number of rotatable bonds is 5. The average molecular weight is 454 g/mol. The second-order valence-corrected chi connectivity index (χ2v) is 8.85. The third-order valence-corrected chi connectivity index (χ3v) is 6.02. The molecule has 1 N–H and O–H groups in total. The van der Waals surface area contributed by atoms with Crippen LogP contribution < -0.4 is 10.1 Å². The minimum absolute atomic E-state index is 0.148. The Labute approximate surface area is 179 Å². The maximum atomic E-state index is 12.5. The van der Waals surface area contributed by atoms with Gasteiger partial charge in [0.05, 0.1) is 24.1 Å². The molecule has 2 heterocycles. The number of hydrogen-bond acceptors (Lipinski definition) is 7. The molecule has 3 rings (SSSR count). The number of hydrogen-bond donors (Lipinski definition) is 1. The van der Waals surface area contributed by atoms with Gasteiger partial charge in [-0.2, -0.15) is 0 Å². The summed E-state index contributed by atoms with van der Waals surface area (Å²) in [4.78, 5) is 26.5. The fraction of sp³-hybridized carbons (Fsp3) is 0.316. The lowest BCUT2D eigenvalue weighted by Crippen LogP contribution is -2.37. The van der Waals surface area contributed by atoms with Gasteiger partial charge in [0, 0.05) is 23.8 Å². The SMILES string of the molecule is COc1cc(Cl)c(C)cc1NC(=O)C(C)OC(=O)C1=CN2CCS(=O)(=O)N=C2C=C1. The number of halogens is 1. The van der Waals surface area contributed by atoms with Crippen LogP contribution in [0.2, 0.25) is 5.02 Å². The van der Waals surface area contributed by atoms with Crippen molar-refractivity contribution < 1.29 is 27.5 Å². The molecule has 0 spiro atoms. The predicted octanol–water partition coefficient (Wildman–Crippen LogP) is 2.02. The lowest BCUT2D eigenvalue weighted by Gasteiger charge is -2.27. The second kappa shape index (κ2) is 8.49. The maximum absolute atomic E-state index is 12.5. The van der Waals surface area contributed by atoms with Gasteiger partial charge in [-0.1, -0.05) is 11.6 Å². The number of carbonyl (C=O) groups excluding carboxylic acids is 2. The van der Waals surface area contributed by atoms with Crippen molar-refractivity contribution in [3.63, 3.8) is 0 Å². The Morgan fingerprint density at radius 2 is 2.03 bits per heavy atom. The van der Waals surface area contributed by atoms with Gasteiger partial charge in [-0.05, 0) is 37.6 Å². The number of fused-ring (bicyclic) bond motifs is 1. The Hall–Kier alpha value is -2.85. The molecule has 160 valence electrons. The summed E-state index contributed by atoms with van der Waals surface area (Å²) in [6.45, 7) is 3.40. The molecule has 0 aromatic heterocycles. The molecule has 1 amide bonds. The molecule has 0 saturated heterocycles. The summed E-state index contributed by atoms with van der Waals surface area (Å²) >= 11 is 6.06. The summed E-state index contributed by atoms with van der Waals surface area (Å²) in [7, 11) is -2.03. The summed E-state index contributed by atoms with van der Waals surface area (Å²) in [6.07, 6.45) is 3.17. The Balaban J connectivity index is 1.67. The molecular weight excluding hydrogens is 434 g/mol. The number of amidine groups is 1. The van der Waals surface area contributed by atoms with E-state index in [1.165, 1.54) is 32.4 Å². The standard InChI is InChI=1S/C19H20ClN3O6S/c1-11-8-15(16(28-3)9-14(11)20)21-18(24)12(2)29-19(25)13-4-5-17-22-30(26,27)7-6-23(17)10-13/h4-5,8-10,12H,6-7H2,1-3H3,(H,21,24). The number of anilines is 1. The van der Waals surface area contributed by atoms with E-state index in [4.69, 9.17) is 21.1 Å². The van der Waals surface area contributed by atoms with Crippen molar-refractivity contribution >= 4 is 45.0 Å². The van der Waals surface area contributed by atoms with Crippen LogP contribution in [0.25, 0.3) is 0 Å². The lowest BCUT2D eigenvalue weighted by atomic mass is 10.2. The van der Waals surface area contributed by atoms with Crippen LogP contribution in [-0.2, 0) is 24.3 Å². The average Bonchev–Trinajstić information content (AvgIpc) is 2.69. The minimum Gasteiger partial charge on any atom is -0.495 e. The first kappa shape index (κ1) is 21.8. The molecule has 0 bridgehead atoms. The number of benzene rings is 1. The van der Waals surface area contributed by atoms with Crippen molar-refractivity contribution in [3.05, 3.63) is 46.6 Å². The van der Waals surface area contributed by atoms with Gasteiger partial charge in [0.25, 0.3) is 15.9 Å². The molecular formula is C19H20ClN3O6S. The number of nitrogens with one attached hydrogen (secondary N) is 1. The second-order valence-electron chi connectivity index (χ2n) is 6.69. The Morgan fingerprint density at radius 1 is 1.30 bits per heavy atom. The van der Waals surface area contributed by atoms with Crippen LogP contribution >= 0.6 is 11.6 Å². The molecule has 2 aliphatic rings. The van der Waals surface area contributed by atoms with E-state index in [2.05, 4.69) is 9.71 Å². The summed E-state index contributed by atoms with van der Waals surface area (Å²) < 4.78 is 37.2. The fourth-order valence-corrected chi connectivity index (χ4v) is 3.89. The topological polar surface area (TPSA) is 114 Å². The van der Waals surface area contributed by atoms with Crippen molar-refractivity contribution in [3.8, 4) is 5.75 Å². The van der Waals surface area contributed by atoms with E-state index >= 15 is 0 Å². The fourth-order valence-electron chi connectivity index (χ4n) is 2.77. The predicted molar refractivity (Wildman–Crippen MR) is 112 cm³/mol. The van der Waals surface area contributed by atoms with E-state index in [0.29, 0.717) is 16.5 Å². The Morgan fingerprint density at radius 3 is 2.73 bits per heavy atom. The van der Waals surface area contributed by atoms with Crippen LogP contribution in [0.1, 0.15) is 12.5 Å². The first-order valence-electron chi connectivity index (χ1n) is 8.95. The smallest absolute Gasteiger partial charge is 0.340 e. The van der Waals surface area contributed by atoms with Gasteiger partial charge < -0.3 is 19.7 Å². The van der Waals surface area contributed by atoms with E-state index in [0.717, 1.165) is 5.56 Å². The Kier molecular flexibility index (Phi) is 6.18. The van der Waals surface area contributed by atoms with Gasteiger partial charge in [0.15, 0.2) is 6.10 Å². The number of methoxy groups -OCH3 is 1. The molecule has 2 aliphatic heterocycles. The Bertz CT molecular complexity index is 1090. The minimum atomic E-state index is -3.48. The van der Waals surface area contributed by atoms with Gasteiger partial charge in [-0.3, -0.25) is 4.79 Å². The van der Waals surface area contributed by atoms with E-state index in [1.807, 2.05) is 0 Å². The van der Waals surface area contributed by atoms with Crippen molar-refractivity contribution in [1.29, 1.82) is 0 Å². The number of esters is 1. The zero-order valence-corrected chi connectivity index (χ0v) is 18.1. The van der Waals surface area contributed by atoms with E-state index in [1.54, 1.807) is 24.0 Å². The lowest BCUT2D eigenvalue weighted by molar-refractivity contribution is -0.149. The third kappa shape index (κ3) is 4.82. The van der Waals surface area contributed by atoms with Gasteiger partial charge >= 0.3 is 5.97 Å². The van der Waals surface area contributed by atoms with E-state index in [9.17, 15) is 18.0 Å². The highest BCUT2D eigenvalue weighted by Gasteiger charge is 2.27. The zero-order chi connectivity index (χ0) is 22.1. The normalized spacial score (nSPS) is 17.9. The number of carbonyl (C=O) groups is 2. The summed E-state index contributed by atoms with van der Waals surface area (Å²) in [5, 5.41) is 3.15. The highest BCUT2D eigenvalue weighted by molar-refractivity contribution is 7.90. The quantitative estimate of drug-likeness (QED) is 0.678. The van der Waals surface area contributed by atoms with Gasteiger partial charge in [-0.25, -0.2) is 13.2 Å². The number of amides is 1. The third-order valence-electron chi connectivity index (χ3n) is 4.45. The maximum Gasteiger partial charge on any atom is 0.340 e. The highest BCUT2D eigenvalue weighted by atomic mass is 35.5. The first-order chi connectivity index (χ1) is 14.1. The summed E-state index contributed by atoms with van der Waals surface area (Å²) in [5.74, 6) is -0.809. The number of ether oxygens (including phenoxy) is 2. The van der Waals surface area contributed by atoms with Crippen LogP contribution in [0.4, 0.5) is 5.69 Å². The number of sulfonamides is 1. The van der Waals surface area contributed by atoms with Crippen LogP contribution in [-0.4, -0.2) is 56.5 Å². The van der Waals surface area contributed by atoms with E-state index < -0.39 is 28.0 Å². The van der Waals surface area contributed by atoms with Crippen molar-refractivity contribution in [1.82, 2.24) is 4.90 Å². The molecule has 0 fully saturated rings. The number of aryl methyl sites for hydroxylation is 1. The molecule has 1 unspecified atom stereocenters. The van der Waals surface area contributed by atoms with Gasteiger partial charge in [0.2, 0.25) is 0 Å². The van der Waals surface area contributed by atoms with Crippen LogP contribution in [0.5, 0.6) is 5.75 Å². The highest BCUT2D eigenvalue weighted by Crippen LogP contribution is 2.31. The van der Waals surface area contributed by atoms with Crippen molar-refractivity contribution in [2.45, 2.75) is 20.0 Å². The van der Waals surface area contributed by atoms with Gasteiger partial charge in [-0.15, -0.1) is 4.40 Å². The van der Waals surface area contributed by atoms with Crippen LogP contribution in [0, 0.1) is 6.92 Å². The first-order valence-corrected chi connectivity index (χ1v) is 10.9. The number of nitrogens with zero attached hydrogens (tertiary/aromatic N) is 2. The summed E-state index contributed by atoms with van der Waals surface area (Å²) in [5.41, 5.74) is 1.32. The molecule has 9 nitrogen and oxygen atoms in total. The molecule has 0 saturated carbocycles. The molecule has 30 heavy (non-hydrogen) atoms. The van der Waals surface area contributed by atoms with Crippen LogP contribution in [0.15, 0.2) is 40.5 Å². The van der Waals surface area contributed by atoms with Crippen LogP contribution in [0.3, 0.4) is 0 Å². The molecule has 1 aromatic rings. The summed E-state index contributed by atoms with van der Waals surface area (Å²) in [6, 6.07) is 3.24. The van der Waals surface area contributed by atoms with E-state index in [-0.39, 0.29) is 23.7 Å². The largest absolute Gasteiger partial charge is 0.495 e. The van der Waals surface area contributed by atoms with Crippen molar-refractivity contribution in [2.75, 3.05) is 24.7 Å². The zero-order valence-electron chi connectivity index (χ0n) is 16.5. The van der Waals surface area contributed by atoms with Crippen molar-refractivity contribution in [2.24, 2.45) is 4.40 Å². The molecule has 0 aliphatic carbocycles. The monoisotopic (exact) mass is 453 g/mol. The molecule has 1 aromatic carbocycles.